The van der Waals surface area contributed by atoms with E-state index in [2.05, 4.69) is 0 Å². The topological polar surface area (TPSA) is 191 Å². The summed E-state index contributed by atoms with van der Waals surface area (Å²) in [5.74, 6) is -5.51. The van der Waals surface area contributed by atoms with E-state index in [4.69, 9.17) is 28.4 Å². The molecule has 3 fully saturated rings. The number of nitrogens with zero attached hydrogens (tertiary/aromatic N) is 1. The molecule has 0 aromatic heterocycles. The summed E-state index contributed by atoms with van der Waals surface area (Å²) in [6, 6.07) is -0.327. The van der Waals surface area contributed by atoms with Crippen LogP contribution < -0.4 is 0 Å². The monoisotopic (exact) mass is 745 g/mol. The number of hydrogen-bond acceptors (Lipinski definition) is 14. The first kappa shape index (κ1) is 44.6. The maximum Gasteiger partial charge on any atom is 0.311 e. The molecule has 14 heteroatoms. The lowest BCUT2D eigenvalue weighted by Crippen LogP contribution is -2.61. The zero-order valence-corrected chi connectivity index (χ0v) is 33.5. The summed E-state index contributed by atoms with van der Waals surface area (Å²) in [4.78, 5) is 41.8. The predicted molar refractivity (Wildman–Crippen MR) is 190 cm³/mol. The number of ketones is 1. The largest absolute Gasteiger partial charge is 0.462 e. The van der Waals surface area contributed by atoms with Crippen molar-refractivity contribution >= 4 is 17.7 Å². The quantitative estimate of drug-likeness (QED) is 0.278. The first-order chi connectivity index (χ1) is 23.9. The van der Waals surface area contributed by atoms with Crippen LogP contribution in [0.2, 0.25) is 0 Å². The van der Waals surface area contributed by atoms with E-state index in [0.717, 1.165) is 0 Å². The molecule has 3 aliphatic heterocycles. The van der Waals surface area contributed by atoms with Gasteiger partial charge in [0.15, 0.2) is 12.6 Å². The minimum Gasteiger partial charge on any atom is -0.462 e. The Labute approximate surface area is 309 Å². The molecule has 52 heavy (non-hydrogen) atoms. The highest BCUT2D eigenvalue weighted by Crippen LogP contribution is 2.40. The molecule has 0 saturated carbocycles. The summed E-state index contributed by atoms with van der Waals surface area (Å²) in [5, 5.41) is 46.2. The Morgan fingerprint density at radius 3 is 2.08 bits per heavy atom. The number of aliphatic hydroxyl groups excluding tert-OH is 3. The van der Waals surface area contributed by atoms with Crippen LogP contribution in [0.1, 0.15) is 102 Å². The van der Waals surface area contributed by atoms with Gasteiger partial charge in [-0.2, -0.15) is 0 Å². The smallest absolute Gasteiger partial charge is 0.311 e. The number of cyclic esters (lactones) is 1. The van der Waals surface area contributed by atoms with Gasteiger partial charge in [-0.3, -0.25) is 14.4 Å². The van der Waals surface area contributed by atoms with Crippen molar-refractivity contribution in [3.63, 3.8) is 0 Å². The fourth-order valence-electron chi connectivity index (χ4n) is 8.58. The summed E-state index contributed by atoms with van der Waals surface area (Å²) in [7, 11) is 3.69. The highest BCUT2D eigenvalue weighted by molar-refractivity contribution is 5.83. The Kier molecular flexibility index (Phi) is 15.3. The van der Waals surface area contributed by atoms with E-state index in [1.165, 1.54) is 13.8 Å². The number of Topliss-reactive ketones (excluding diaryl/α,β-unsaturated/α-hetero) is 1. The lowest BCUT2D eigenvalue weighted by Gasteiger charge is -2.49. The molecule has 3 heterocycles. The normalized spacial score (nSPS) is 47.4. The van der Waals surface area contributed by atoms with Crippen molar-refractivity contribution in [1.29, 1.82) is 0 Å². The van der Waals surface area contributed by atoms with E-state index in [9.17, 15) is 34.8 Å². The second kappa shape index (κ2) is 17.8. The van der Waals surface area contributed by atoms with Crippen LogP contribution in [0.3, 0.4) is 0 Å². The molecule has 0 aliphatic carbocycles. The second-order valence-corrected chi connectivity index (χ2v) is 16.6. The lowest BCUT2D eigenvalue weighted by molar-refractivity contribution is -0.317. The molecule has 2 unspecified atom stereocenters. The van der Waals surface area contributed by atoms with Crippen molar-refractivity contribution in [1.82, 2.24) is 4.90 Å². The highest BCUT2D eigenvalue weighted by Gasteiger charge is 2.53. The van der Waals surface area contributed by atoms with Crippen LogP contribution in [0.4, 0.5) is 0 Å². The Hall–Kier alpha value is -1.75. The van der Waals surface area contributed by atoms with Gasteiger partial charge in [0.2, 0.25) is 0 Å². The van der Waals surface area contributed by atoms with Gasteiger partial charge in [0.1, 0.15) is 29.7 Å². The standard InChI is InChI=1S/C38H67NO13/c1-14-27-20(4)30(42)21(5)29(41)18(2)16-37(10,46)34(51-36-31(43)26(39(12)13)15-19(3)47-36)22(6)32(23(7)35(45)49-27)50-28-17-38(11,52-25(9)40)33(44)24(8)48-28/h18-24,26-28,30-34,36,42-44,46H,14-17H2,1-13H3/t18-,19-,20+,21+,22+,23-,24+,26+,27?,28+,30+,31-,32?,33+,34-,36+,37-,38-/m1/s1. The fraction of sp³-hybridized carbons (Fsp3) is 0.921. The van der Waals surface area contributed by atoms with Crippen molar-refractivity contribution < 1.29 is 63.2 Å². The Morgan fingerprint density at radius 1 is 0.904 bits per heavy atom. The van der Waals surface area contributed by atoms with E-state index in [1.807, 2.05) is 32.8 Å². The average molecular weight is 746 g/mol. The van der Waals surface area contributed by atoms with Crippen molar-refractivity contribution in [2.24, 2.45) is 29.6 Å². The molecule has 14 nitrogen and oxygen atoms in total. The van der Waals surface area contributed by atoms with E-state index < -0.39 is 108 Å². The third-order valence-corrected chi connectivity index (χ3v) is 11.7. The molecule has 3 saturated heterocycles. The third-order valence-electron chi connectivity index (χ3n) is 11.7. The number of aliphatic hydroxyl groups is 4. The summed E-state index contributed by atoms with van der Waals surface area (Å²) >= 11 is 0. The molecule has 3 aliphatic rings. The Balaban J connectivity index is 2.17. The van der Waals surface area contributed by atoms with Gasteiger partial charge in [-0.05, 0) is 68.0 Å². The van der Waals surface area contributed by atoms with Crippen molar-refractivity contribution in [2.75, 3.05) is 14.1 Å². The molecule has 3 rings (SSSR count). The van der Waals surface area contributed by atoms with Crippen LogP contribution in [0.25, 0.3) is 0 Å². The van der Waals surface area contributed by atoms with Crippen LogP contribution in [0, 0.1) is 29.6 Å². The van der Waals surface area contributed by atoms with Crippen LogP contribution in [0.5, 0.6) is 0 Å². The minimum absolute atomic E-state index is 0.0816. The molecule has 0 radical (unpaired) electrons. The number of hydrogen-bond donors (Lipinski definition) is 4. The number of carbonyl (C=O) groups is 3. The summed E-state index contributed by atoms with van der Waals surface area (Å²) < 4.78 is 37.1. The molecule has 18 atom stereocenters. The van der Waals surface area contributed by atoms with Gasteiger partial charge in [0, 0.05) is 43.1 Å². The zero-order chi connectivity index (χ0) is 39.6. The molecular formula is C38H67NO13. The van der Waals surface area contributed by atoms with Gasteiger partial charge in [0.05, 0.1) is 42.0 Å². The van der Waals surface area contributed by atoms with Crippen LogP contribution in [-0.2, 0) is 42.8 Å². The summed E-state index contributed by atoms with van der Waals surface area (Å²) in [5.41, 5.74) is -3.15. The van der Waals surface area contributed by atoms with Crippen LogP contribution in [-0.4, -0.2) is 136 Å². The van der Waals surface area contributed by atoms with E-state index in [1.54, 1.807) is 48.5 Å². The number of rotatable bonds is 7. The predicted octanol–water partition coefficient (Wildman–Crippen LogP) is 2.59. The Bertz CT molecular complexity index is 1220. The SMILES string of the molecule is CCC1OC(=O)[C@H](C)C(O[C@H]2C[C@@](C)(OC(C)=O)[C@@H](O)[C@H](C)O2)[C@H](C)[C@@H](O[C@@H]2O[C@H](C)C[C@H](N(C)C)[C@H]2O)[C@](C)(O)C[C@@H](C)C(=O)[C@H](C)[C@@H](O)[C@H]1C. The van der Waals surface area contributed by atoms with Gasteiger partial charge in [-0.15, -0.1) is 0 Å². The molecule has 4 N–H and O–H groups in total. The molecule has 0 spiro atoms. The Morgan fingerprint density at radius 2 is 1.52 bits per heavy atom. The van der Waals surface area contributed by atoms with E-state index >= 15 is 0 Å². The second-order valence-electron chi connectivity index (χ2n) is 16.6. The third kappa shape index (κ3) is 10.1. The maximum atomic E-state index is 14.1. The minimum atomic E-state index is -1.77. The average Bonchev–Trinajstić information content (AvgIpc) is 3.05. The number of likely N-dealkylation sites (N-methyl/N-ethyl adjacent to an activating group) is 1. The molecular weight excluding hydrogens is 678 g/mol. The summed E-state index contributed by atoms with van der Waals surface area (Å²) in [6.07, 6.45) is -9.12. The fourth-order valence-corrected chi connectivity index (χ4v) is 8.58. The number of ether oxygens (including phenoxy) is 6. The van der Waals surface area contributed by atoms with Gasteiger partial charge in [-0.1, -0.05) is 34.6 Å². The van der Waals surface area contributed by atoms with Gasteiger partial charge >= 0.3 is 11.9 Å². The van der Waals surface area contributed by atoms with Gasteiger partial charge in [-0.25, -0.2) is 0 Å². The molecule has 0 aromatic carbocycles. The molecule has 0 bridgehead atoms. The van der Waals surface area contributed by atoms with Crippen molar-refractivity contribution in [2.45, 2.75) is 181 Å². The van der Waals surface area contributed by atoms with Crippen LogP contribution >= 0.6 is 0 Å². The van der Waals surface area contributed by atoms with E-state index in [0.29, 0.717) is 12.8 Å². The zero-order valence-electron chi connectivity index (χ0n) is 33.5. The van der Waals surface area contributed by atoms with Crippen LogP contribution in [0.15, 0.2) is 0 Å². The molecule has 0 aromatic rings. The number of carbonyl (C=O) groups excluding carboxylic acids is 3. The van der Waals surface area contributed by atoms with Gasteiger partial charge in [0.25, 0.3) is 0 Å². The van der Waals surface area contributed by atoms with Gasteiger partial charge < -0.3 is 53.7 Å². The lowest BCUT2D eigenvalue weighted by atomic mass is 9.74. The highest BCUT2D eigenvalue weighted by atomic mass is 16.7. The summed E-state index contributed by atoms with van der Waals surface area (Å²) in [6.45, 7) is 18.1. The first-order valence-corrected chi connectivity index (χ1v) is 18.9. The first-order valence-electron chi connectivity index (χ1n) is 18.9. The van der Waals surface area contributed by atoms with E-state index in [-0.39, 0.29) is 30.8 Å². The molecule has 0 amide bonds. The molecule has 302 valence electrons. The number of esters is 2. The maximum absolute atomic E-state index is 14.1. The van der Waals surface area contributed by atoms with Crippen molar-refractivity contribution in [3.8, 4) is 0 Å². The van der Waals surface area contributed by atoms with Crippen molar-refractivity contribution in [3.05, 3.63) is 0 Å².